The van der Waals surface area contributed by atoms with Crippen molar-refractivity contribution in [1.82, 2.24) is 5.32 Å². The molecule has 0 saturated heterocycles. The monoisotopic (exact) mass is 377 g/mol. The summed E-state index contributed by atoms with van der Waals surface area (Å²) in [5, 5.41) is 5.65. The number of nitrogens with two attached hydrogens (primary N) is 1. The van der Waals surface area contributed by atoms with Crippen LogP contribution in [0.15, 0.2) is 48.5 Å². The quantitative estimate of drug-likeness (QED) is 0.748. The first kappa shape index (κ1) is 19.9. The molecule has 1 aliphatic carbocycles. The highest BCUT2D eigenvalue weighted by atomic mass is 35.5. The Labute approximate surface area is 157 Å². The Hall–Kier alpha value is -2.44. The standard InChI is InChI=1S/C19H20FN3O2.ClH/c1-12(22-18(25)19(21)10-11-19)13-4-8-16(9-5-13)23-17(24)14-2-6-15(20)7-3-14;/h2-9,12H,10-11,21H2,1H3,(H,22,25)(H,23,24);1H. The van der Waals surface area contributed by atoms with Gasteiger partial charge in [-0.25, -0.2) is 4.39 Å². The molecule has 3 rings (SSSR count). The Morgan fingerprint density at radius 3 is 2.19 bits per heavy atom. The molecule has 0 radical (unpaired) electrons. The molecule has 0 aliphatic heterocycles. The first-order valence-electron chi connectivity index (χ1n) is 8.14. The highest BCUT2D eigenvalue weighted by Gasteiger charge is 2.46. The van der Waals surface area contributed by atoms with Gasteiger partial charge in [0.25, 0.3) is 5.91 Å². The summed E-state index contributed by atoms with van der Waals surface area (Å²) in [6, 6.07) is 12.4. The Morgan fingerprint density at radius 1 is 1.08 bits per heavy atom. The first-order chi connectivity index (χ1) is 11.9. The van der Waals surface area contributed by atoms with Crippen molar-refractivity contribution in [3.63, 3.8) is 0 Å². The summed E-state index contributed by atoms with van der Waals surface area (Å²) < 4.78 is 12.9. The van der Waals surface area contributed by atoms with E-state index in [4.69, 9.17) is 5.73 Å². The van der Waals surface area contributed by atoms with Gasteiger partial charge in [0.15, 0.2) is 0 Å². The predicted octanol–water partition coefficient (Wildman–Crippen LogP) is 3.17. The maximum atomic E-state index is 12.9. The minimum Gasteiger partial charge on any atom is -0.348 e. The number of halogens is 2. The number of hydrogen-bond donors (Lipinski definition) is 3. The number of benzene rings is 2. The second-order valence-corrected chi connectivity index (χ2v) is 6.43. The molecule has 4 N–H and O–H groups in total. The number of amides is 2. The molecule has 1 saturated carbocycles. The normalized spacial score (nSPS) is 15.3. The van der Waals surface area contributed by atoms with Crippen LogP contribution < -0.4 is 16.4 Å². The summed E-state index contributed by atoms with van der Waals surface area (Å²) in [6.07, 6.45) is 1.44. The fraction of sp³-hybridized carbons (Fsp3) is 0.263. The van der Waals surface area contributed by atoms with Gasteiger partial charge in [0.2, 0.25) is 5.91 Å². The fourth-order valence-corrected chi connectivity index (χ4v) is 2.45. The number of carbonyl (C=O) groups excluding carboxylic acids is 2. The van der Waals surface area contributed by atoms with Crippen molar-refractivity contribution in [3.8, 4) is 0 Å². The van der Waals surface area contributed by atoms with Crippen LogP contribution in [0.2, 0.25) is 0 Å². The molecule has 138 valence electrons. The van der Waals surface area contributed by atoms with Crippen LogP contribution in [0.25, 0.3) is 0 Å². The van der Waals surface area contributed by atoms with Crippen LogP contribution >= 0.6 is 12.4 Å². The van der Waals surface area contributed by atoms with Crippen LogP contribution in [0.4, 0.5) is 10.1 Å². The van der Waals surface area contributed by atoms with E-state index in [0.717, 1.165) is 18.4 Å². The van der Waals surface area contributed by atoms with Gasteiger partial charge < -0.3 is 16.4 Å². The van der Waals surface area contributed by atoms with Gasteiger partial charge in [-0.3, -0.25) is 9.59 Å². The van der Waals surface area contributed by atoms with Crippen molar-refractivity contribution in [3.05, 3.63) is 65.5 Å². The lowest BCUT2D eigenvalue weighted by atomic mass is 10.1. The largest absolute Gasteiger partial charge is 0.348 e. The molecule has 1 atom stereocenters. The third-order valence-electron chi connectivity index (χ3n) is 4.36. The van der Waals surface area contributed by atoms with Crippen LogP contribution in [0.5, 0.6) is 0 Å². The lowest BCUT2D eigenvalue weighted by Crippen LogP contribution is -2.43. The number of rotatable bonds is 5. The lowest BCUT2D eigenvalue weighted by Gasteiger charge is -2.17. The lowest BCUT2D eigenvalue weighted by molar-refractivity contribution is -0.123. The zero-order chi connectivity index (χ0) is 18.0. The molecule has 7 heteroatoms. The van der Waals surface area contributed by atoms with Gasteiger partial charge in [-0.2, -0.15) is 0 Å². The summed E-state index contributed by atoms with van der Waals surface area (Å²) in [5.74, 6) is -0.830. The minimum absolute atomic E-state index is 0. The molecule has 0 heterocycles. The predicted molar refractivity (Wildman–Crippen MR) is 101 cm³/mol. The molecule has 2 amide bonds. The van der Waals surface area contributed by atoms with Gasteiger partial charge in [0, 0.05) is 11.3 Å². The zero-order valence-corrected chi connectivity index (χ0v) is 15.1. The molecular weight excluding hydrogens is 357 g/mol. The smallest absolute Gasteiger partial charge is 0.255 e. The van der Waals surface area contributed by atoms with Gasteiger partial charge >= 0.3 is 0 Å². The van der Waals surface area contributed by atoms with Gasteiger partial charge in [-0.05, 0) is 61.7 Å². The van der Waals surface area contributed by atoms with Crippen LogP contribution in [0.3, 0.4) is 0 Å². The van der Waals surface area contributed by atoms with Crippen molar-refractivity contribution in [2.24, 2.45) is 5.73 Å². The first-order valence-corrected chi connectivity index (χ1v) is 8.14. The van der Waals surface area contributed by atoms with E-state index in [1.165, 1.54) is 24.3 Å². The van der Waals surface area contributed by atoms with Gasteiger partial charge in [0.05, 0.1) is 11.6 Å². The van der Waals surface area contributed by atoms with E-state index < -0.39 is 5.54 Å². The Kier molecular flexibility index (Phi) is 6.00. The number of nitrogens with one attached hydrogen (secondary N) is 2. The fourth-order valence-electron chi connectivity index (χ4n) is 2.45. The van der Waals surface area contributed by atoms with E-state index in [1.807, 2.05) is 19.1 Å². The van der Waals surface area contributed by atoms with Crippen molar-refractivity contribution in [1.29, 1.82) is 0 Å². The van der Waals surface area contributed by atoms with E-state index in [-0.39, 0.29) is 36.1 Å². The number of carbonyl (C=O) groups is 2. The third kappa shape index (κ3) is 4.59. The van der Waals surface area contributed by atoms with Crippen molar-refractivity contribution < 1.29 is 14.0 Å². The van der Waals surface area contributed by atoms with Crippen LogP contribution in [0.1, 0.15) is 41.7 Å². The average Bonchev–Trinajstić information content (AvgIpc) is 3.35. The van der Waals surface area contributed by atoms with Gasteiger partial charge in [-0.1, -0.05) is 12.1 Å². The molecule has 2 aromatic rings. The second kappa shape index (κ2) is 7.85. The summed E-state index contributed by atoms with van der Waals surface area (Å²) in [6.45, 7) is 1.88. The molecule has 1 aliphatic rings. The molecule has 0 spiro atoms. The van der Waals surface area contributed by atoms with E-state index in [9.17, 15) is 14.0 Å². The van der Waals surface area contributed by atoms with Crippen molar-refractivity contribution in [2.75, 3.05) is 5.32 Å². The zero-order valence-electron chi connectivity index (χ0n) is 14.3. The molecule has 0 bridgehead atoms. The SMILES string of the molecule is CC(NC(=O)C1(N)CC1)c1ccc(NC(=O)c2ccc(F)cc2)cc1.Cl. The van der Waals surface area contributed by atoms with Gasteiger partial charge in [-0.15, -0.1) is 12.4 Å². The number of hydrogen-bond acceptors (Lipinski definition) is 3. The molecule has 26 heavy (non-hydrogen) atoms. The molecule has 0 aromatic heterocycles. The Balaban J connectivity index is 0.00000243. The maximum Gasteiger partial charge on any atom is 0.255 e. The minimum atomic E-state index is -0.697. The maximum absolute atomic E-state index is 12.9. The van der Waals surface area contributed by atoms with Crippen LogP contribution in [-0.2, 0) is 4.79 Å². The Morgan fingerprint density at radius 2 is 1.65 bits per heavy atom. The second-order valence-electron chi connectivity index (χ2n) is 6.43. The van der Waals surface area contributed by atoms with Crippen molar-refractivity contribution in [2.45, 2.75) is 31.3 Å². The molecule has 1 unspecified atom stereocenters. The highest BCUT2D eigenvalue weighted by molar-refractivity contribution is 6.04. The topological polar surface area (TPSA) is 84.2 Å². The van der Waals surface area contributed by atoms with Gasteiger partial charge in [0.1, 0.15) is 5.82 Å². The molecule has 2 aromatic carbocycles. The van der Waals surface area contributed by atoms with Crippen LogP contribution in [-0.4, -0.2) is 17.4 Å². The third-order valence-corrected chi connectivity index (χ3v) is 4.36. The summed E-state index contributed by atoms with van der Waals surface area (Å²) >= 11 is 0. The molecule has 5 nitrogen and oxygen atoms in total. The van der Waals surface area contributed by atoms with Crippen molar-refractivity contribution >= 4 is 29.9 Å². The van der Waals surface area contributed by atoms with E-state index in [1.54, 1.807) is 12.1 Å². The van der Waals surface area contributed by atoms with E-state index in [0.29, 0.717) is 11.3 Å². The highest BCUT2D eigenvalue weighted by Crippen LogP contribution is 2.33. The van der Waals surface area contributed by atoms with E-state index in [2.05, 4.69) is 10.6 Å². The average molecular weight is 378 g/mol. The Bertz CT molecular complexity index is 789. The number of anilines is 1. The molecular formula is C19H21ClFN3O2. The summed E-state index contributed by atoms with van der Waals surface area (Å²) in [5.41, 5.74) is 7.09. The summed E-state index contributed by atoms with van der Waals surface area (Å²) in [7, 11) is 0. The summed E-state index contributed by atoms with van der Waals surface area (Å²) in [4.78, 5) is 24.1. The van der Waals surface area contributed by atoms with E-state index >= 15 is 0 Å². The molecule has 1 fully saturated rings. The van der Waals surface area contributed by atoms with Crippen LogP contribution in [0, 0.1) is 5.82 Å².